The number of rotatable bonds is 4. The van der Waals surface area contributed by atoms with Crippen LogP contribution in [0.25, 0.3) is 6.08 Å². The van der Waals surface area contributed by atoms with Gasteiger partial charge in [0.15, 0.2) is 5.11 Å². The van der Waals surface area contributed by atoms with E-state index < -0.39 is 5.91 Å². The van der Waals surface area contributed by atoms with Gasteiger partial charge in [-0.2, -0.15) is 0 Å². The van der Waals surface area contributed by atoms with Gasteiger partial charge < -0.3 is 4.90 Å². The maximum atomic E-state index is 12.6. The number of nitrogens with zero attached hydrogens (tertiary/aromatic N) is 2. The van der Waals surface area contributed by atoms with Crippen molar-refractivity contribution in [2.75, 3.05) is 18.0 Å². The molecule has 0 atom stereocenters. The van der Waals surface area contributed by atoms with Gasteiger partial charge in [-0.15, -0.1) is 0 Å². The van der Waals surface area contributed by atoms with Gasteiger partial charge in [-0.25, -0.2) is 0 Å². The average molecular weight is 426 g/mol. The Bertz CT molecular complexity index is 1050. The van der Waals surface area contributed by atoms with Crippen molar-refractivity contribution >= 4 is 52.5 Å². The van der Waals surface area contributed by atoms with Crippen LogP contribution in [0.15, 0.2) is 48.0 Å². The zero-order valence-electron chi connectivity index (χ0n) is 15.9. The number of likely N-dealkylation sites (N-methyl/N-ethyl adjacent to an activating group) is 1. The van der Waals surface area contributed by atoms with Gasteiger partial charge in [0, 0.05) is 30.3 Å². The zero-order chi connectivity index (χ0) is 20.5. The number of carbonyl (C=O) groups excluding carboxylic acids is 2. The van der Waals surface area contributed by atoms with Crippen molar-refractivity contribution in [1.29, 1.82) is 0 Å². The molecular weight excluding hydrogens is 406 g/mol. The lowest BCUT2D eigenvalue weighted by molar-refractivity contribution is -0.128. The molecule has 0 bridgehead atoms. The van der Waals surface area contributed by atoms with Gasteiger partial charge >= 0.3 is 0 Å². The summed E-state index contributed by atoms with van der Waals surface area (Å²) in [6.07, 6.45) is 2.54. The summed E-state index contributed by atoms with van der Waals surface area (Å²) >= 11 is 11.4. The highest BCUT2D eigenvalue weighted by atomic mass is 35.5. The molecule has 148 valence electrons. The molecule has 0 radical (unpaired) electrons. The van der Waals surface area contributed by atoms with Crippen LogP contribution in [-0.2, 0) is 22.6 Å². The Morgan fingerprint density at radius 3 is 2.76 bits per heavy atom. The molecule has 0 unspecified atom stereocenters. The Kier molecular flexibility index (Phi) is 5.39. The topological polar surface area (TPSA) is 52.7 Å². The summed E-state index contributed by atoms with van der Waals surface area (Å²) in [5.41, 5.74) is 4.37. The fraction of sp³-hybridized carbons (Fsp3) is 0.227. The normalized spacial score (nSPS) is 17.7. The van der Waals surface area contributed by atoms with Crippen molar-refractivity contribution in [3.63, 3.8) is 0 Å². The Hall–Kier alpha value is -2.70. The third-order valence-electron chi connectivity index (χ3n) is 5.23. The number of halogens is 1. The maximum absolute atomic E-state index is 12.6. The number of nitrogens with one attached hydrogen (secondary N) is 1. The predicted molar refractivity (Wildman–Crippen MR) is 119 cm³/mol. The first-order chi connectivity index (χ1) is 14.0. The van der Waals surface area contributed by atoms with E-state index in [1.54, 1.807) is 6.08 Å². The van der Waals surface area contributed by atoms with Crippen LogP contribution in [0.2, 0.25) is 5.02 Å². The third kappa shape index (κ3) is 3.78. The van der Waals surface area contributed by atoms with E-state index in [2.05, 4.69) is 10.2 Å². The number of fused-ring (bicyclic) bond motifs is 1. The smallest absolute Gasteiger partial charge is 0.265 e. The molecule has 1 fully saturated rings. The van der Waals surface area contributed by atoms with E-state index in [1.807, 2.05) is 49.4 Å². The highest BCUT2D eigenvalue weighted by Gasteiger charge is 2.32. The lowest BCUT2D eigenvalue weighted by atomic mass is 10.0. The molecule has 2 aromatic carbocycles. The molecule has 0 aromatic heterocycles. The summed E-state index contributed by atoms with van der Waals surface area (Å²) in [7, 11) is 0. The predicted octanol–water partition coefficient (Wildman–Crippen LogP) is 3.55. The Morgan fingerprint density at radius 1 is 1.21 bits per heavy atom. The number of amides is 2. The summed E-state index contributed by atoms with van der Waals surface area (Å²) in [6.45, 7) is 3.88. The second-order valence-electron chi connectivity index (χ2n) is 7.02. The van der Waals surface area contributed by atoms with Crippen LogP contribution in [-0.4, -0.2) is 34.9 Å². The monoisotopic (exact) mass is 425 g/mol. The molecule has 0 saturated carbocycles. The number of benzene rings is 2. The molecule has 2 aromatic rings. The molecule has 0 spiro atoms. The summed E-state index contributed by atoms with van der Waals surface area (Å²) in [4.78, 5) is 28.5. The highest BCUT2D eigenvalue weighted by Crippen LogP contribution is 2.32. The standard InChI is InChI=1S/C22H20ClN3O2S/c1-2-26-21(28)17(20(27)24-22(26)29)12-14-7-8-19-15(11-14)9-10-25(19)13-16-5-3-4-6-18(16)23/h3-8,11-12H,2,9-10,13H2,1H3,(H,24,27,29). The van der Waals surface area contributed by atoms with Crippen molar-refractivity contribution in [2.24, 2.45) is 0 Å². The quantitative estimate of drug-likeness (QED) is 0.462. The van der Waals surface area contributed by atoms with E-state index in [4.69, 9.17) is 23.8 Å². The summed E-state index contributed by atoms with van der Waals surface area (Å²) in [5, 5.41) is 3.50. The van der Waals surface area contributed by atoms with Crippen LogP contribution in [0, 0.1) is 0 Å². The third-order valence-corrected chi connectivity index (χ3v) is 5.92. The number of anilines is 1. The first kappa shape index (κ1) is 19.6. The van der Waals surface area contributed by atoms with Crippen LogP contribution >= 0.6 is 23.8 Å². The van der Waals surface area contributed by atoms with Gasteiger partial charge in [-0.05, 0) is 66.5 Å². The molecule has 2 aliphatic heterocycles. The Morgan fingerprint density at radius 2 is 2.00 bits per heavy atom. The van der Waals surface area contributed by atoms with Crippen molar-refractivity contribution in [3.8, 4) is 0 Å². The van der Waals surface area contributed by atoms with E-state index in [-0.39, 0.29) is 16.6 Å². The molecule has 2 amide bonds. The fourth-order valence-electron chi connectivity index (χ4n) is 3.72. The van der Waals surface area contributed by atoms with Gasteiger partial charge in [-0.1, -0.05) is 35.9 Å². The summed E-state index contributed by atoms with van der Waals surface area (Å²) in [5.74, 6) is -0.812. The van der Waals surface area contributed by atoms with Crippen LogP contribution in [0.1, 0.15) is 23.6 Å². The molecule has 1 saturated heterocycles. The minimum absolute atomic E-state index is 0.103. The van der Waals surface area contributed by atoms with E-state index in [0.29, 0.717) is 6.54 Å². The van der Waals surface area contributed by atoms with Gasteiger partial charge in [0.2, 0.25) is 0 Å². The van der Waals surface area contributed by atoms with Crippen molar-refractivity contribution in [3.05, 3.63) is 69.8 Å². The van der Waals surface area contributed by atoms with Crippen LogP contribution in [0.3, 0.4) is 0 Å². The lowest BCUT2D eigenvalue weighted by Gasteiger charge is -2.27. The van der Waals surface area contributed by atoms with Crippen molar-refractivity contribution in [1.82, 2.24) is 10.2 Å². The molecule has 0 aliphatic carbocycles. The fourth-order valence-corrected chi connectivity index (χ4v) is 4.22. The van der Waals surface area contributed by atoms with E-state index >= 15 is 0 Å². The molecule has 2 aliphatic rings. The van der Waals surface area contributed by atoms with Crippen LogP contribution in [0.4, 0.5) is 5.69 Å². The minimum atomic E-state index is -0.453. The van der Waals surface area contributed by atoms with Crippen LogP contribution in [0.5, 0.6) is 0 Å². The maximum Gasteiger partial charge on any atom is 0.265 e. The van der Waals surface area contributed by atoms with E-state index in [1.165, 1.54) is 10.5 Å². The van der Waals surface area contributed by atoms with E-state index in [9.17, 15) is 9.59 Å². The summed E-state index contributed by atoms with van der Waals surface area (Å²) in [6, 6.07) is 13.9. The second-order valence-corrected chi connectivity index (χ2v) is 7.81. The first-order valence-corrected chi connectivity index (χ1v) is 10.3. The highest BCUT2D eigenvalue weighted by molar-refractivity contribution is 7.80. The Labute approximate surface area is 179 Å². The second kappa shape index (κ2) is 7.97. The molecule has 7 heteroatoms. The largest absolute Gasteiger partial charge is 0.367 e. The summed E-state index contributed by atoms with van der Waals surface area (Å²) < 4.78 is 0. The number of carbonyl (C=O) groups is 2. The Balaban J connectivity index is 1.59. The molecule has 5 nitrogen and oxygen atoms in total. The van der Waals surface area contributed by atoms with Gasteiger partial charge in [0.25, 0.3) is 11.8 Å². The van der Waals surface area contributed by atoms with Crippen molar-refractivity contribution in [2.45, 2.75) is 19.9 Å². The molecule has 1 N–H and O–H groups in total. The average Bonchev–Trinajstić information content (AvgIpc) is 3.09. The molecular formula is C22H20ClN3O2S. The molecule has 4 rings (SSSR count). The first-order valence-electron chi connectivity index (χ1n) is 9.48. The van der Waals surface area contributed by atoms with Crippen LogP contribution < -0.4 is 10.2 Å². The number of hydrogen-bond donors (Lipinski definition) is 1. The molecule has 2 heterocycles. The minimum Gasteiger partial charge on any atom is -0.367 e. The van der Waals surface area contributed by atoms with Gasteiger partial charge in [-0.3, -0.25) is 19.8 Å². The van der Waals surface area contributed by atoms with Gasteiger partial charge in [0.05, 0.1) is 0 Å². The number of hydrogen-bond acceptors (Lipinski definition) is 4. The zero-order valence-corrected chi connectivity index (χ0v) is 17.5. The van der Waals surface area contributed by atoms with Gasteiger partial charge in [0.1, 0.15) is 5.57 Å². The number of thiocarbonyl (C=S) groups is 1. The molecule has 29 heavy (non-hydrogen) atoms. The SMILES string of the molecule is CCN1C(=O)C(=Cc2ccc3c(c2)CCN3Cc2ccccc2Cl)C(=O)NC1=S. The van der Waals surface area contributed by atoms with Crippen molar-refractivity contribution < 1.29 is 9.59 Å². The lowest BCUT2D eigenvalue weighted by Crippen LogP contribution is -2.53. The van der Waals surface area contributed by atoms with E-state index in [0.717, 1.165) is 41.3 Å².